The summed E-state index contributed by atoms with van der Waals surface area (Å²) < 4.78 is 18.9. The Bertz CT molecular complexity index is 990. The highest BCUT2D eigenvalue weighted by molar-refractivity contribution is 8.26. The number of thiocarbonyl (C=S) groups is 1. The number of amides is 2. The maximum absolute atomic E-state index is 12.9. The van der Waals surface area contributed by atoms with E-state index < -0.39 is 0 Å². The molecule has 29 heavy (non-hydrogen) atoms. The molecule has 2 amide bonds. The quantitative estimate of drug-likeness (QED) is 0.406. The number of thioether (sulfide) groups is 1. The van der Waals surface area contributed by atoms with Crippen LogP contribution in [0.15, 0.2) is 66.1 Å². The lowest BCUT2D eigenvalue weighted by atomic mass is 10.2. The zero-order valence-electron chi connectivity index (χ0n) is 15.3. The average Bonchev–Trinajstić information content (AvgIpc) is 2.96. The van der Waals surface area contributed by atoms with Gasteiger partial charge in [0.15, 0.2) is 6.61 Å². The second-order valence-electron chi connectivity index (χ2n) is 6.00. The molecule has 148 valence electrons. The number of benzene rings is 2. The summed E-state index contributed by atoms with van der Waals surface area (Å²) in [5, 5.41) is 2.62. The van der Waals surface area contributed by atoms with E-state index in [1.807, 2.05) is 6.07 Å². The minimum Gasteiger partial charge on any atom is -0.484 e. The molecule has 1 fully saturated rings. The van der Waals surface area contributed by atoms with Crippen molar-refractivity contribution in [2.24, 2.45) is 0 Å². The molecular weight excluding hydrogens is 411 g/mol. The predicted molar refractivity (Wildman–Crippen MR) is 117 cm³/mol. The maximum Gasteiger partial charge on any atom is 0.266 e. The molecule has 2 aromatic carbocycles. The highest BCUT2D eigenvalue weighted by atomic mass is 32.2. The van der Waals surface area contributed by atoms with Gasteiger partial charge in [0.2, 0.25) is 0 Å². The van der Waals surface area contributed by atoms with Crippen molar-refractivity contribution in [2.75, 3.05) is 18.5 Å². The van der Waals surface area contributed by atoms with E-state index in [1.165, 1.54) is 40.9 Å². The van der Waals surface area contributed by atoms with Crippen molar-refractivity contribution in [2.45, 2.75) is 0 Å². The molecule has 2 aromatic rings. The molecule has 0 spiro atoms. The Morgan fingerprint density at radius 2 is 2.03 bits per heavy atom. The SMILES string of the molecule is C=CCN1C(=O)/C(=C/c2cccc(OCC(=O)Nc3ccc(F)cc3)c2)SC1=S. The van der Waals surface area contributed by atoms with Crippen LogP contribution in [0.5, 0.6) is 5.75 Å². The van der Waals surface area contributed by atoms with E-state index in [0.717, 1.165) is 5.56 Å². The number of halogens is 1. The van der Waals surface area contributed by atoms with Gasteiger partial charge in [-0.05, 0) is 48.0 Å². The van der Waals surface area contributed by atoms with Crippen molar-refractivity contribution in [1.82, 2.24) is 4.90 Å². The minimum absolute atomic E-state index is 0.162. The lowest BCUT2D eigenvalue weighted by Gasteiger charge is -2.10. The molecule has 0 bridgehead atoms. The molecule has 1 N–H and O–H groups in total. The van der Waals surface area contributed by atoms with Crippen molar-refractivity contribution in [3.8, 4) is 5.75 Å². The molecule has 5 nitrogen and oxygen atoms in total. The van der Waals surface area contributed by atoms with Gasteiger partial charge in [-0.2, -0.15) is 0 Å². The summed E-state index contributed by atoms with van der Waals surface area (Å²) in [6.45, 7) is 3.79. The van der Waals surface area contributed by atoms with Crippen LogP contribution in [0.4, 0.5) is 10.1 Å². The molecule has 1 saturated heterocycles. The first-order valence-corrected chi connectivity index (χ1v) is 9.83. The number of ether oxygens (including phenoxy) is 1. The van der Waals surface area contributed by atoms with E-state index in [1.54, 1.807) is 30.4 Å². The van der Waals surface area contributed by atoms with Crippen LogP contribution in [0.3, 0.4) is 0 Å². The van der Waals surface area contributed by atoms with Crippen molar-refractivity contribution >= 4 is 51.9 Å². The normalized spacial score (nSPS) is 14.9. The largest absolute Gasteiger partial charge is 0.484 e. The average molecular weight is 429 g/mol. The van der Waals surface area contributed by atoms with Crippen LogP contribution in [0.1, 0.15) is 5.56 Å². The number of carbonyl (C=O) groups is 2. The molecular formula is C21H17FN2O3S2. The van der Waals surface area contributed by atoms with E-state index in [-0.39, 0.29) is 24.2 Å². The van der Waals surface area contributed by atoms with Gasteiger partial charge in [-0.1, -0.05) is 42.2 Å². The Morgan fingerprint density at radius 3 is 2.76 bits per heavy atom. The molecule has 0 radical (unpaired) electrons. The Hall–Kier alpha value is -2.97. The van der Waals surface area contributed by atoms with Crippen LogP contribution < -0.4 is 10.1 Å². The lowest BCUT2D eigenvalue weighted by molar-refractivity contribution is -0.121. The summed E-state index contributed by atoms with van der Waals surface area (Å²) in [5.74, 6) is -0.427. The van der Waals surface area contributed by atoms with Crippen LogP contribution in [0.2, 0.25) is 0 Å². The third-order valence-electron chi connectivity index (χ3n) is 3.84. The molecule has 1 aliphatic rings. The van der Waals surface area contributed by atoms with Crippen molar-refractivity contribution in [3.05, 3.63) is 77.5 Å². The van der Waals surface area contributed by atoms with E-state index in [2.05, 4.69) is 11.9 Å². The van der Waals surface area contributed by atoms with Crippen molar-refractivity contribution < 1.29 is 18.7 Å². The zero-order valence-corrected chi connectivity index (χ0v) is 16.9. The topological polar surface area (TPSA) is 58.6 Å². The maximum atomic E-state index is 12.9. The summed E-state index contributed by atoms with van der Waals surface area (Å²) in [5.41, 5.74) is 1.23. The minimum atomic E-state index is -0.377. The van der Waals surface area contributed by atoms with E-state index in [4.69, 9.17) is 17.0 Å². The summed E-state index contributed by atoms with van der Waals surface area (Å²) >= 11 is 6.46. The van der Waals surface area contributed by atoms with E-state index in [0.29, 0.717) is 27.2 Å². The second kappa shape index (κ2) is 9.49. The predicted octanol–water partition coefficient (Wildman–Crippen LogP) is 4.23. The van der Waals surface area contributed by atoms with Gasteiger partial charge < -0.3 is 10.1 Å². The van der Waals surface area contributed by atoms with E-state index >= 15 is 0 Å². The number of carbonyl (C=O) groups excluding carboxylic acids is 2. The standard InChI is InChI=1S/C21H17FN2O3S2/c1-2-10-24-20(26)18(29-21(24)28)12-14-4-3-5-17(11-14)27-13-19(25)23-16-8-6-15(22)7-9-16/h2-9,11-12H,1,10,13H2,(H,23,25)/b18-12-. The van der Waals surface area contributed by atoms with Crippen LogP contribution in [-0.4, -0.2) is 34.2 Å². The summed E-state index contributed by atoms with van der Waals surface area (Å²) in [6, 6.07) is 12.5. The third kappa shape index (κ3) is 5.52. The zero-order chi connectivity index (χ0) is 20.8. The Labute approximate surface area is 177 Å². The molecule has 3 rings (SSSR count). The second-order valence-corrected chi connectivity index (χ2v) is 7.67. The summed E-state index contributed by atoms with van der Waals surface area (Å²) in [7, 11) is 0. The van der Waals surface area contributed by atoms with Gasteiger partial charge in [-0.25, -0.2) is 4.39 Å². The number of hydrogen-bond donors (Lipinski definition) is 1. The molecule has 1 heterocycles. The van der Waals surface area contributed by atoms with Crippen LogP contribution in [0, 0.1) is 5.82 Å². The van der Waals surface area contributed by atoms with E-state index in [9.17, 15) is 14.0 Å². The lowest BCUT2D eigenvalue weighted by Crippen LogP contribution is -2.27. The van der Waals surface area contributed by atoms with Gasteiger partial charge in [-0.3, -0.25) is 14.5 Å². The highest BCUT2D eigenvalue weighted by Gasteiger charge is 2.30. The fourth-order valence-corrected chi connectivity index (χ4v) is 3.79. The van der Waals surface area contributed by atoms with Gasteiger partial charge in [-0.15, -0.1) is 6.58 Å². The fourth-order valence-electron chi connectivity index (χ4n) is 2.51. The first-order chi connectivity index (χ1) is 14.0. The van der Waals surface area contributed by atoms with Crippen LogP contribution >= 0.6 is 24.0 Å². The highest BCUT2D eigenvalue weighted by Crippen LogP contribution is 2.32. The molecule has 0 saturated carbocycles. The molecule has 8 heteroatoms. The first-order valence-electron chi connectivity index (χ1n) is 8.61. The number of nitrogens with zero attached hydrogens (tertiary/aromatic N) is 1. The van der Waals surface area contributed by atoms with Crippen LogP contribution in [-0.2, 0) is 9.59 Å². The molecule has 0 aliphatic carbocycles. The smallest absolute Gasteiger partial charge is 0.266 e. The molecule has 0 aromatic heterocycles. The Morgan fingerprint density at radius 1 is 1.28 bits per heavy atom. The van der Waals surface area contributed by atoms with Gasteiger partial charge in [0.25, 0.3) is 11.8 Å². The molecule has 1 aliphatic heterocycles. The van der Waals surface area contributed by atoms with Crippen LogP contribution in [0.25, 0.3) is 6.08 Å². The fraction of sp³-hybridized carbons (Fsp3) is 0.0952. The van der Waals surface area contributed by atoms with Crippen molar-refractivity contribution in [3.63, 3.8) is 0 Å². The first kappa shape index (κ1) is 20.8. The number of hydrogen-bond acceptors (Lipinski definition) is 5. The number of rotatable bonds is 7. The number of nitrogens with one attached hydrogen (secondary N) is 1. The Kier molecular flexibility index (Phi) is 6.79. The summed E-state index contributed by atoms with van der Waals surface area (Å²) in [4.78, 5) is 26.4. The molecule has 0 atom stereocenters. The monoisotopic (exact) mass is 428 g/mol. The van der Waals surface area contributed by atoms with Gasteiger partial charge >= 0.3 is 0 Å². The van der Waals surface area contributed by atoms with Gasteiger partial charge in [0.1, 0.15) is 15.9 Å². The molecule has 0 unspecified atom stereocenters. The Balaban J connectivity index is 1.61. The third-order valence-corrected chi connectivity index (χ3v) is 5.22. The van der Waals surface area contributed by atoms with Gasteiger partial charge in [0, 0.05) is 12.2 Å². The van der Waals surface area contributed by atoms with Crippen molar-refractivity contribution in [1.29, 1.82) is 0 Å². The summed E-state index contributed by atoms with van der Waals surface area (Å²) in [6.07, 6.45) is 3.35. The number of anilines is 1. The van der Waals surface area contributed by atoms with Gasteiger partial charge in [0.05, 0.1) is 4.91 Å².